The van der Waals surface area contributed by atoms with Crippen LogP contribution in [0, 0.1) is 5.92 Å². The van der Waals surface area contributed by atoms with E-state index in [4.69, 9.17) is 10.5 Å². The Labute approximate surface area is 291 Å². The highest BCUT2D eigenvalue weighted by atomic mass is 32.2. The van der Waals surface area contributed by atoms with E-state index in [1.165, 1.54) is 17.7 Å². The van der Waals surface area contributed by atoms with Crippen LogP contribution in [-0.4, -0.2) is 80.4 Å². The van der Waals surface area contributed by atoms with Crippen LogP contribution in [0.1, 0.15) is 37.8 Å². The summed E-state index contributed by atoms with van der Waals surface area (Å²) in [6, 6.07) is 11.0. The number of aliphatic carboxylic acids is 1. The number of hydrogen-bond acceptors (Lipinski definition) is 8. The van der Waals surface area contributed by atoms with E-state index in [1.54, 1.807) is 56.4 Å². The van der Waals surface area contributed by atoms with Crippen LogP contribution in [0.4, 0.5) is 4.79 Å². The zero-order valence-electron chi connectivity index (χ0n) is 27.8. The van der Waals surface area contributed by atoms with Crippen molar-refractivity contribution in [1.82, 2.24) is 26.3 Å². The number of carbonyl (C=O) groups excluding carboxylic acids is 5. The van der Waals surface area contributed by atoms with Crippen LogP contribution in [0.25, 0.3) is 10.9 Å². The first-order valence-corrected chi connectivity index (χ1v) is 17.3. The van der Waals surface area contributed by atoms with Gasteiger partial charge in [-0.05, 0) is 23.1 Å². The third-order valence-electron chi connectivity index (χ3n) is 7.43. The van der Waals surface area contributed by atoms with Gasteiger partial charge < -0.3 is 41.8 Å². The van der Waals surface area contributed by atoms with Crippen LogP contribution < -0.4 is 27.0 Å². The van der Waals surface area contributed by atoms with E-state index in [1.807, 2.05) is 18.2 Å². The first-order chi connectivity index (χ1) is 23.7. The number of para-hydroxylation sites is 1. The van der Waals surface area contributed by atoms with E-state index in [0.29, 0.717) is 11.1 Å². The number of carboxylic acids is 1. The maximum atomic E-state index is 13.9. The molecule has 0 saturated carbocycles. The van der Waals surface area contributed by atoms with Crippen molar-refractivity contribution in [3.63, 3.8) is 0 Å². The summed E-state index contributed by atoms with van der Waals surface area (Å²) in [5.74, 6) is -5.01. The molecule has 0 saturated heterocycles. The van der Waals surface area contributed by atoms with E-state index in [2.05, 4.69) is 26.3 Å². The molecule has 0 aliphatic heterocycles. The zero-order chi connectivity index (χ0) is 36.8. The molecule has 0 aliphatic carbocycles. The van der Waals surface area contributed by atoms with Gasteiger partial charge >= 0.3 is 12.1 Å². The number of aromatic nitrogens is 1. The summed E-state index contributed by atoms with van der Waals surface area (Å²) in [4.78, 5) is 79.9. The third-order valence-corrected chi connectivity index (χ3v) is 7.97. The monoisotopic (exact) mass is 710 g/mol. The van der Waals surface area contributed by atoms with Gasteiger partial charge in [0.05, 0.1) is 18.9 Å². The quantitative estimate of drug-likeness (QED) is 0.101. The van der Waals surface area contributed by atoms with Gasteiger partial charge in [0.1, 0.15) is 24.7 Å². The molecular weight excluding hydrogens is 668 g/mol. The van der Waals surface area contributed by atoms with Crippen LogP contribution in [0.5, 0.6) is 0 Å². The number of rotatable bonds is 18. The Balaban J connectivity index is 1.85. The highest BCUT2D eigenvalue weighted by Gasteiger charge is 2.33. The van der Waals surface area contributed by atoms with E-state index in [0.717, 1.165) is 10.9 Å². The molecule has 0 radical (unpaired) electrons. The van der Waals surface area contributed by atoms with Crippen LogP contribution in [-0.2, 0) is 52.5 Å². The van der Waals surface area contributed by atoms with Gasteiger partial charge in [0.15, 0.2) is 0 Å². The molecule has 268 valence electrons. The van der Waals surface area contributed by atoms with E-state index in [-0.39, 0.29) is 13.0 Å². The maximum Gasteiger partial charge on any atom is 0.408 e. The van der Waals surface area contributed by atoms with E-state index < -0.39 is 89.4 Å². The lowest BCUT2D eigenvalue weighted by atomic mass is 9.99. The number of benzene rings is 2. The fourth-order valence-electron chi connectivity index (χ4n) is 4.94. The Bertz CT molecular complexity index is 1730. The number of hydrogen-bond donors (Lipinski definition) is 7. The second kappa shape index (κ2) is 18.9. The molecule has 16 heteroatoms. The third kappa shape index (κ3) is 12.5. The minimum Gasteiger partial charge on any atom is -0.481 e. The molecule has 5 amide bonds. The number of primary amides is 1. The minimum atomic E-state index is -1.51. The topological polar surface area (TPSA) is 239 Å². The minimum absolute atomic E-state index is 0.0670. The van der Waals surface area contributed by atoms with Crippen molar-refractivity contribution in [2.75, 3.05) is 6.26 Å². The van der Waals surface area contributed by atoms with Gasteiger partial charge in [0, 0.05) is 46.0 Å². The summed E-state index contributed by atoms with van der Waals surface area (Å²) in [6.07, 6.45) is 2.18. The Hall–Kier alpha value is -5.51. The molecule has 0 spiro atoms. The molecule has 0 aliphatic rings. The highest BCUT2D eigenvalue weighted by molar-refractivity contribution is 7.87. The lowest BCUT2D eigenvalue weighted by molar-refractivity contribution is -0.138. The number of fused-ring (bicyclic) bond motifs is 1. The molecule has 1 aromatic heterocycles. The number of alkyl carbamates (subject to hydrolysis) is 1. The number of nitrogens with two attached hydrogens (primary N) is 1. The summed E-state index contributed by atoms with van der Waals surface area (Å²) < 4.78 is 16.8. The number of carbonyl (C=O) groups is 6. The van der Waals surface area contributed by atoms with Crippen LogP contribution >= 0.6 is 0 Å². The fourth-order valence-corrected chi connectivity index (χ4v) is 5.35. The Kier molecular flexibility index (Phi) is 14.7. The average Bonchev–Trinajstić information content (AvgIpc) is 3.46. The van der Waals surface area contributed by atoms with Crippen LogP contribution in [0.15, 0.2) is 72.3 Å². The first kappa shape index (κ1) is 38.9. The molecule has 50 heavy (non-hydrogen) atoms. The largest absolute Gasteiger partial charge is 0.481 e. The number of H-pyrrole nitrogens is 1. The van der Waals surface area contributed by atoms with Crippen molar-refractivity contribution >= 4 is 57.4 Å². The summed E-state index contributed by atoms with van der Waals surface area (Å²) in [6.45, 7) is 3.21. The molecule has 5 atom stereocenters. The Morgan fingerprint density at radius 1 is 0.880 bits per heavy atom. The maximum absolute atomic E-state index is 13.9. The predicted octanol–water partition coefficient (Wildman–Crippen LogP) is 1.36. The molecule has 0 bridgehead atoms. The van der Waals surface area contributed by atoms with Gasteiger partial charge in [0.25, 0.3) is 0 Å². The Morgan fingerprint density at radius 3 is 2.18 bits per heavy atom. The van der Waals surface area contributed by atoms with Gasteiger partial charge in [-0.2, -0.15) is 0 Å². The molecular formula is C34H42N6O9S. The van der Waals surface area contributed by atoms with Crippen LogP contribution in [0.3, 0.4) is 0 Å². The highest BCUT2D eigenvalue weighted by Crippen LogP contribution is 2.20. The van der Waals surface area contributed by atoms with Crippen molar-refractivity contribution in [3.05, 3.63) is 83.4 Å². The standard InChI is InChI=1S/C34H42N6O9S/c1-20(2)30(33(46)37-23(16-29(42)43)13-14-50(3)48)40-32(45)26(15-22-18-36-25-12-8-7-11-24(22)25)38-31(44)27(17-28(35)41)39-34(47)49-19-21-9-5-4-6-10-21/h4-14,18,20,23,26-27,30,36H,15-17,19H2,1-3H3,(H2,35,41)(H,37,46)(H,38,44)(H,39,47)(H,40,45)(H,42,43)/b14-13+/t23?,26?,27-,30-,50?/m0/s1. The predicted molar refractivity (Wildman–Crippen MR) is 185 cm³/mol. The van der Waals surface area contributed by atoms with Crippen molar-refractivity contribution in [3.8, 4) is 0 Å². The summed E-state index contributed by atoms with van der Waals surface area (Å²) >= 11 is 0. The Morgan fingerprint density at radius 2 is 1.54 bits per heavy atom. The molecule has 2 aromatic carbocycles. The van der Waals surface area contributed by atoms with Gasteiger partial charge in [-0.15, -0.1) is 0 Å². The molecule has 1 heterocycles. The second-order valence-electron chi connectivity index (χ2n) is 11.8. The molecule has 15 nitrogen and oxygen atoms in total. The summed E-state index contributed by atoms with van der Waals surface area (Å²) in [5.41, 5.74) is 7.48. The fraction of sp³-hybridized carbons (Fsp3) is 0.353. The van der Waals surface area contributed by atoms with Gasteiger partial charge in [-0.25, -0.2) is 4.79 Å². The van der Waals surface area contributed by atoms with E-state index in [9.17, 15) is 38.1 Å². The summed E-state index contributed by atoms with van der Waals surface area (Å²) in [7, 11) is -1.41. The number of nitrogens with one attached hydrogen (secondary N) is 5. The van der Waals surface area contributed by atoms with Gasteiger partial charge in [0.2, 0.25) is 23.6 Å². The number of aromatic amines is 1. The lowest BCUT2D eigenvalue weighted by Gasteiger charge is -2.27. The van der Waals surface area contributed by atoms with Crippen molar-refractivity contribution in [1.29, 1.82) is 0 Å². The van der Waals surface area contributed by atoms with Crippen molar-refractivity contribution < 1.29 is 42.8 Å². The smallest absolute Gasteiger partial charge is 0.408 e. The number of ether oxygens (including phenoxy) is 1. The molecule has 0 fully saturated rings. The lowest BCUT2D eigenvalue weighted by Crippen LogP contribution is -2.59. The normalized spacial score (nSPS) is 14.2. The first-order valence-electron chi connectivity index (χ1n) is 15.7. The van der Waals surface area contributed by atoms with Gasteiger partial charge in [-0.3, -0.25) is 28.2 Å². The molecule has 3 unspecified atom stereocenters. The summed E-state index contributed by atoms with van der Waals surface area (Å²) in [5, 5.41) is 21.5. The van der Waals surface area contributed by atoms with Gasteiger partial charge in [-0.1, -0.05) is 68.5 Å². The number of amides is 5. The zero-order valence-corrected chi connectivity index (χ0v) is 28.7. The molecule has 8 N–H and O–H groups in total. The second-order valence-corrected chi connectivity index (χ2v) is 13.1. The van der Waals surface area contributed by atoms with E-state index >= 15 is 0 Å². The van der Waals surface area contributed by atoms with Crippen molar-refractivity contribution in [2.24, 2.45) is 11.7 Å². The van der Waals surface area contributed by atoms with Crippen molar-refractivity contribution in [2.45, 2.75) is 63.9 Å². The van der Waals surface area contributed by atoms with Crippen LogP contribution in [0.2, 0.25) is 0 Å². The number of carboxylic acid groups (broad SMARTS) is 1. The molecule has 3 aromatic rings. The average molecular weight is 711 g/mol. The molecule has 3 rings (SSSR count). The SMILES string of the molecule is CC(C)[C@H](NC(=O)C(Cc1c[nH]c2ccccc12)NC(=O)[C@H](CC(N)=O)NC(=O)OCc1ccccc1)C(=O)NC(/C=C/S(C)=O)CC(=O)O.